The predicted octanol–water partition coefficient (Wildman–Crippen LogP) is 3.00. The number of rotatable bonds is 7. The molecule has 2 aliphatic carbocycles. The second-order valence-electron chi connectivity index (χ2n) is 8.48. The van der Waals surface area contributed by atoms with Crippen molar-refractivity contribution in [3.05, 3.63) is 34.9 Å². The van der Waals surface area contributed by atoms with Crippen LogP contribution in [-0.4, -0.2) is 30.4 Å². The van der Waals surface area contributed by atoms with Gasteiger partial charge in [-0.3, -0.25) is 0 Å². The summed E-state index contributed by atoms with van der Waals surface area (Å²) in [4.78, 5) is 0. The first-order chi connectivity index (χ1) is 11.3. The molecule has 134 valence electrons. The van der Waals surface area contributed by atoms with Crippen molar-refractivity contribution < 1.29 is 15.2 Å². The molecule has 0 amide bonds. The standard InChI is InChI=1S/C20H30ClNO2/c1-19(2)15-8-9-20(19,3)18(10-15)22-11-17(23)13-24-12-14-4-6-16(21)7-5-14/h4-7,15,17-18,22-23H,8-13H2,1-3H3/p+1/t15-,17-,18+,20+/m1/s1. The molecule has 1 aromatic rings. The van der Waals surface area contributed by atoms with Crippen LogP contribution in [-0.2, 0) is 11.3 Å². The Kier molecular flexibility index (Phi) is 5.27. The molecule has 3 N–H and O–H groups in total. The number of ether oxygens (including phenoxy) is 1. The largest absolute Gasteiger partial charge is 0.385 e. The molecule has 2 saturated carbocycles. The summed E-state index contributed by atoms with van der Waals surface area (Å²) in [6, 6.07) is 8.28. The molecule has 0 aromatic heterocycles. The molecule has 4 heteroatoms. The molecule has 3 nitrogen and oxygen atoms in total. The quantitative estimate of drug-likeness (QED) is 0.792. The van der Waals surface area contributed by atoms with Gasteiger partial charge in [0.05, 0.1) is 19.3 Å². The van der Waals surface area contributed by atoms with Gasteiger partial charge in [0.1, 0.15) is 12.6 Å². The van der Waals surface area contributed by atoms with Gasteiger partial charge in [0.15, 0.2) is 0 Å². The van der Waals surface area contributed by atoms with Crippen LogP contribution in [0.3, 0.4) is 0 Å². The van der Waals surface area contributed by atoms with E-state index < -0.39 is 6.10 Å². The van der Waals surface area contributed by atoms with Crippen LogP contribution in [0.4, 0.5) is 0 Å². The van der Waals surface area contributed by atoms with Gasteiger partial charge in [-0.2, -0.15) is 0 Å². The molecule has 2 fully saturated rings. The van der Waals surface area contributed by atoms with Gasteiger partial charge < -0.3 is 15.2 Å². The molecule has 3 rings (SSSR count). The van der Waals surface area contributed by atoms with Crippen LogP contribution in [0, 0.1) is 16.7 Å². The Morgan fingerprint density at radius 3 is 2.58 bits per heavy atom. The van der Waals surface area contributed by atoms with Crippen LogP contribution < -0.4 is 5.32 Å². The molecule has 0 heterocycles. The van der Waals surface area contributed by atoms with E-state index in [2.05, 4.69) is 26.1 Å². The Labute approximate surface area is 150 Å². The number of hydrogen-bond donors (Lipinski definition) is 2. The normalized spacial score (nSPS) is 32.2. The molecule has 24 heavy (non-hydrogen) atoms. The summed E-state index contributed by atoms with van der Waals surface area (Å²) in [6.45, 7) is 8.95. The smallest absolute Gasteiger partial charge is 0.126 e. The first-order valence-electron chi connectivity index (χ1n) is 9.16. The van der Waals surface area contributed by atoms with Crippen LogP contribution in [0.5, 0.6) is 0 Å². The minimum atomic E-state index is -0.414. The third kappa shape index (κ3) is 3.37. The third-order valence-electron chi connectivity index (χ3n) is 7.05. The average Bonchev–Trinajstić information content (AvgIpc) is 2.88. The third-order valence-corrected chi connectivity index (χ3v) is 7.30. The summed E-state index contributed by atoms with van der Waals surface area (Å²) in [6.07, 6.45) is 3.58. The number of aliphatic hydroxyl groups excluding tert-OH is 1. The zero-order chi connectivity index (χ0) is 17.4. The lowest BCUT2D eigenvalue weighted by Gasteiger charge is -2.37. The van der Waals surface area contributed by atoms with Crippen molar-refractivity contribution in [3.63, 3.8) is 0 Å². The molecule has 0 spiro atoms. The maximum Gasteiger partial charge on any atom is 0.126 e. The number of halogens is 1. The number of quaternary nitrogens is 1. The summed E-state index contributed by atoms with van der Waals surface area (Å²) in [7, 11) is 0. The lowest BCUT2D eigenvalue weighted by molar-refractivity contribution is -0.707. The molecule has 2 aliphatic rings. The van der Waals surface area contributed by atoms with Crippen LogP contribution >= 0.6 is 11.6 Å². The summed E-state index contributed by atoms with van der Waals surface area (Å²) in [5.41, 5.74) is 1.92. The van der Waals surface area contributed by atoms with E-state index in [0.29, 0.717) is 30.1 Å². The van der Waals surface area contributed by atoms with Crippen molar-refractivity contribution in [1.29, 1.82) is 0 Å². The Hall–Kier alpha value is -0.610. The SMILES string of the molecule is CC1(C)[C@@H]2CC[C@@]1(C)[C@@H]([NH2+]C[C@@H](O)COCc1ccc(Cl)cc1)C2. The zero-order valence-electron chi connectivity index (χ0n) is 15.1. The molecule has 0 radical (unpaired) electrons. The fraction of sp³-hybridized carbons (Fsp3) is 0.700. The van der Waals surface area contributed by atoms with Crippen molar-refractivity contribution >= 4 is 11.6 Å². The summed E-state index contributed by atoms with van der Waals surface area (Å²) < 4.78 is 5.65. The zero-order valence-corrected chi connectivity index (χ0v) is 15.9. The van der Waals surface area contributed by atoms with E-state index in [-0.39, 0.29) is 0 Å². The molecular formula is C20H31ClNO2+. The van der Waals surface area contributed by atoms with E-state index >= 15 is 0 Å². The van der Waals surface area contributed by atoms with Crippen molar-refractivity contribution in [2.75, 3.05) is 13.2 Å². The molecular weight excluding hydrogens is 322 g/mol. The second-order valence-corrected chi connectivity index (χ2v) is 8.92. The number of benzene rings is 1. The van der Waals surface area contributed by atoms with Crippen molar-refractivity contribution in [1.82, 2.24) is 0 Å². The number of fused-ring (bicyclic) bond motifs is 2. The van der Waals surface area contributed by atoms with E-state index in [9.17, 15) is 5.11 Å². The van der Waals surface area contributed by atoms with Crippen LogP contribution in [0.25, 0.3) is 0 Å². The van der Waals surface area contributed by atoms with Gasteiger partial charge >= 0.3 is 0 Å². The van der Waals surface area contributed by atoms with E-state index in [1.54, 1.807) is 0 Å². The van der Waals surface area contributed by atoms with Crippen molar-refractivity contribution in [2.45, 2.75) is 58.8 Å². The van der Waals surface area contributed by atoms with Gasteiger partial charge in [0.2, 0.25) is 0 Å². The monoisotopic (exact) mass is 352 g/mol. The average molecular weight is 353 g/mol. The summed E-state index contributed by atoms with van der Waals surface area (Å²) in [5, 5.41) is 13.3. The van der Waals surface area contributed by atoms with Crippen LogP contribution in [0.15, 0.2) is 24.3 Å². The van der Waals surface area contributed by atoms with E-state index in [0.717, 1.165) is 23.0 Å². The highest BCUT2D eigenvalue weighted by atomic mass is 35.5. The van der Waals surface area contributed by atoms with Gasteiger partial charge in [0.25, 0.3) is 0 Å². The van der Waals surface area contributed by atoms with E-state index in [1.165, 1.54) is 19.3 Å². The molecule has 1 aromatic carbocycles. The highest BCUT2D eigenvalue weighted by Crippen LogP contribution is 2.64. The Bertz CT molecular complexity index is 559. The minimum absolute atomic E-state index is 0.384. The topological polar surface area (TPSA) is 46.1 Å². The summed E-state index contributed by atoms with van der Waals surface area (Å²) >= 11 is 5.87. The highest BCUT2D eigenvalue weighted by molar-refractivity contribution is 6.30. The predicted molar refractivity (Wildman–Crippen MR) is 96.9 cm³/mol. The van der Waals surface area contributed by atoms with Crippen molar-refractivity contribution in [2.24, 2.45) is 16.7 Å². The van der Waals surface area contributed by atoms with Crippen molar-refractivity contribution in [3.8, 4) is 0 Å². The van der Waals surface area contributed by atoms with E-state index in [4.69, 9.17) is 16.3 Å². The van der Waals surface area contributed by atoms with E-state index in [1.807, 2.05) is 24.3 Å². The fourth-order valence-electron chi connectivity index (χ4n) is 4.90. The van der Waals surface area contributed by atoms with Gasteiger partial charge in [-0.1, -0.05) is 44.5 Å². The number of nitrogens with two attached hydrogens (primary N) is 1. The molecule has 0 saturated heterocycles. The van der Waals surface area contributed by atoms with Gasteiger partial charge in [-0.25, -0.2) is 0 Å². The molecule has 2 bridgehead atoms. The fourth-order valence-corrected chi connectivity index (χ4v) is 5.03. The maximum absolute atomic E-state index is 10.2. The Morgan fingerprint density at radius 2 is 2.00 bits per heavy atom. The Morgan fingerprint density at radius 1 is 1.29 bits per heavy atom. The van der Waals surface area contributed by atoms with Crippen LogP contribution in [0.1, 0.15) is 45.6 Å². The second kappa shape index (κ2) is 6.95. The lowest BCUT2D eigenvalue weighted by Crippen LogP contribution is -2.94. The minimum Gasteiger partial charge on any atom is -0.385 e. The van der Waals surface area contributed by atoms with Crippen LogP contribution in [0.2, 0.25) is 5.02 Å². The molecule has 0 unspecified atom stereocenters. The highest BCUT2D eigenvalue weighted by Gasteiger charge is 2.63. The molecule has 4 atom stereocenters. The Balaban J connectivity index is 1.40. The first-order valence-corrected chi connectivity index (χ1v) is 9.54. The molecule has 0 aliphatic heterocycles. The van der Waals surface area contributed by atoms with Gasteiger partial charge in [0, 0.05) is 16.9 Å². The van der Waals surface area contributed by atoms with Gasteiger partial charge in [-0.05, 0) is 41.9 Å². The number of aliphatic hydroxyl groups is 1. The summed E-state index contributed by atoms with van der Waals surface area (Å²) in [5.74, 6) is 0.849. The van der Waals surface area contributed by atoms with Gasteiger partial charge in [-0.15, -0.1) is 0 Å². The number of hydrogen-bond acceptors (Lipinski definition) is 2. The maximum atomic E-state index is 10.2. The lowest BCUT2D eigenvalue weighted by atomic mass is 9.69. The first kappa shape index (κ1) is 18.2.